The molecule has 9 heteroatoms. The summed E-state index contributed by atoms with van der Waals surface area (Å²) in [6.45, 7) is 3.08. The SMILES string of the molecule is CC(C)(CO)NS(=O)(=O)c1ccc(-c2cccc(CC(=O)C3(c4ccc5c(c4)OCO5)CC3)n2)cc1.[HH].[HH]. The molecule has 2 N–H and O–H groups in total. The topological polar surface area (TPSA) is 115 Å². The second kappa shape index (κ2) is 8.99. The van der Waals surface area contributed by atoms with Crippen LogP contribution in [0.15, 0.2) is 65.6 Å². The summed E-state index contributed by atoms with van der Waals surface area (Å²) in [5.41, 5.74) is 1.52. The van der Waals surface area contributed by atoms with Crippen molar-refractivity contribution in [2.24, 2.45) is 0 Å². The van der Waals surface area contributed by atoms with Crippen LogP contribution >= 0.6 is 0 Å². The molecule has 0 spiro atoms. The van der Waals surface area contributed by atoms with Gasteiger partial charge in [0.1, 0.15) is 5.78 Å². The van der Waals surface area contributed by atoms with E-state index in [-0.39, 0.29) is 33.4 Å². The summed E-state index contributed by atoms with van der Waals surface area (Å²) in [6.07, 6.45) is 1.79. The van der Waals surface area contributed by atoms with E-state index in [0.29, 0.717) is 22.9 Å². The van der Waals surface area contributed by atoms with Crippen LogP contribution in [0.5, 0.6) is 11.5 Å². The van der Waals surface area contributed by atoms with Crippen LogP contribution in [0.25, 0.3) is 11.3 Å². The maximum absolute atomic E-state index is 13.3. The monoisotopic (exact) mass is 512 g/mol. The highest BCUT2D eigenvalue weighted by molar-refractivity contribution is 7.89. The van der Waals surface area contributed by atoms with Crippen LogP contribution in [0, 0.1) is 0 Å². The molecule has 2 heterocycles. The number of ether oxygens (including phenoxy) is 2. The number of carbonyl (C=O) groups is 1. The number of benzene rings is 2. The first-order chi connectivity index (χ1) is 17.1. The molecule has 0 unspecified atom stereocenters. The van der Waals surface area contributed by atoms with Gasteiger partial charge in [0.2, 0.25) is 16.8 Å². The molecular formula is C27H32N2O6S. The van der Waals surface area contributed by atoms with Crippen LogP contribution in [0.1, 0.15) is 40.8 Å². The lowest BCUT2D eigenvalue weighted by molar-refractivity contribution is -0.120. The summed E-state index contributed by atoms with van der Waals surface area (Å²) in [6, 6.07) is 17.6. The van der Waals surface area contributed by atoms with Gasteiger partial charge in [-0.2, -0.15) is 0 Å². The van der Waals surface area contributed by atoms with Crippen LogP contribution in [0.3, 0.4) is 0 Å². The molecule has 0 saturated heterocycles. The van der Waals surface area contributed by atoms with E-state index in [9.17, 15) is 18.3 Å². The van der Waals surface area contributed by atoms with Crippen molar-refractivity contribution in [1.29, 1.82) is 0 Å². The Balaban J connectivity index is 0.00000200. The number of aromatic nitrogens is 1. The molecule has 2 aromatic carbocycles. The average Bonchev–Trinajstić information content (AvgIpc) is 3.54. The summed E-state index contributed by atoms with van der Waals surface area (Å²) in [4.78, 5) is 18.1. The Kier molecular flexibility index (Phi) is 6.10. The number of nitrogens with zero attached hydrogens (tertiary/aromatic N) is 1. The van der Waals surface area contributed by atoms with Crippen LogP contribution in [-0.2, 0) is 26.7 Å². The highest BCUT2D eigenvalue weighted by Gasteiger charge is 2.51. The minimum Gasteiger partial charge on any atom is -0.454 e. The zero-order valence-corrected chi connectivity index (χ0v) is 21.0. The molecule has 0 atom stereocenters. The predicted molar refractivity (Wildman–Crippen MR) is 138 cm³/mol. The predicted octanol–water partition coefficient (Wildman–Crippen LogP) is 3.86. The highest BCUT2D eigenvalue weighted by Crippen LogP contribution is 2.51. The minimum atomic E-state index is -3.78. The van der Waals surface area contributed by atoms with Crippen molar-refractivity contribution in [2.75, 3.05) is 13.4 Å². The Morgan fingerprint density at radius 2 is 1.81 bits per heavy atom. The molecule has 1 fully saturated rings. The molecular weight excluding hydrogens is 480 g/mol. The Morgan fingerprint density at radius 3 is 2.50 bits per heavy atom. The van der Waals surface area contributed by atoms with Crippen LogP contribution < -0.4 is 14.2 Å². The van der Waals surface area contributed by atoms with E-state index in [0.717, 1.165) is 24.0 Å². The van der Waals surface area contributed by atoms with Crippen molar-refractivity contribution in [3.8, 4) is 22.8 Å². The lowest BCUT2D eigenvalue weighted by Gasteiger charge is -2.23. The molecule has 36 heavy (non-hydrogen) atoms. The van der Waals surface area contributed by atoms with Gasteiger partial charge >= 0.3 is 0 Å². The summed E-state index contributed by atoms with van der Waals surface area (Å²) in [5.74, 6) is 1.49. The number of pyridine rings is 1. The van der Waals surface area contributed by atoms with Crippen molar-refractivity contribution < 1.29 is 30.6 Å². The summed E-state index contributed by atoms with van der Waals surface area (Å²) < 4.78 is 38.6. The maximum atomic E-state index is 13.3. The summed E-state index contributed by atoms with van der Waals surface area (Å²) in [7, 11) is -3.78. The molecule has 1 aromatic heterocycles. The molecule has 192 valence electrons. The molecule has 3 aromatic rings. The first-order valence-electron chi connectivity index (χ1n) is 11.8. The van der Waals surface area contributed by atoms with Gasteiger partial charge in [0.15, 0.2) is 11.5 Å². The maximum Gasteiger partial charge on any atom is 0.241 e. The molecule has 5 rings (SSSR count). The second-order valence-electron chi connectivity index (χ2n) is 9.94. The number of aliphatic hydroxyl groups excluding tert-OH is 1. The van der Waals surface area contributed by atoms with Crippen molar-refractivity contribution in [2.45, 2.75) is 49.0 Å². The van der Waals surface area contributed by atoms with Gasteiger partial charge in [0.05, 0.1) is 28.2 Å². The van der Waals surface area contributed by atoms with Gasteiger partial charge in [0, 0.05) is 20.5 Å². The summed E-state index contributed by atoms with van der Waals surface area (Å²) in [5, 5.41) is 9.37. The normalized spacial score (nSPS) is 16.1. The minimum absolute atomic E-state index is 0. The fourth-order valence-corrected chi connectivity index (χ4v) is 5.78. The van der Waals surface area contributed by atoms with Gasteiger partial charge in [-0.15, -0.1) is 0 Å². The van der Waals surface area contributed by atoms with E-state index in [1.54, 1.807) is 26.0 Å². The third-order valence-corrected chi connectivity index (χ3v) is 8.34. The zero-order chi connectivity index (χ0) is 25.6. The van der Waals surface area contributed by atoms with Crippen LogP contribution in [0.2, 0.25) is 0 Å². The molecule has 8 nitrogen and oxygen atoms in total. The number of rotatable bonds is 9. The van der Waals surface area contributed by atoms with E-state index in [4.69, 9.17) is 9.47 Å². The molecule has 1 aliphatic carbocycles. The highest BCUT2D eigenvalue weighted by atomic mass is 32.2. The molecule has 1 saturated carbocycles. The van der Waals surface area contributed by atoms with Gasteiger partial charge in [-0.3, -0.25) is 9.78 Å². The third kappa shape index (κ3) is 4.74. The molecule has 0 bridgehead atoms. The van der Waals surface area contributed by atoms with Gasteiger partial charge in [-0.25, -0.2) is 13.1 Å². The van der Waals surface area contributed by atoms with Gasteiger partial charge in [-0.1, -0.05) is 24.3 Å². The fraction of sp³-hybridized carbons (Fsp3) is 0.333. The first-order valence-corrected chi connectivity index (χ1v) is 13.2. The number of hydrogen-bond acceptors (Lipinski definition) is 7. The Bertz CT molecular complexity index is 1420. The second-order valence-corrected chi connectivity index (χ2v) is 11.6. The Morgan fingerprint density at radius 1 is 1.08 bits per heavy atom. The molecule has 1 aliphatic heterocycles. The number of ketones is 1. The molecule has 0 radical (unpaired) electrons. The number of aliphatic hydroxyl groups is 1. The smallest absolute Gasteiger partial charge is 0.241 e. The fourth-order valence-electron chi connectivity index (χ4n) is 4.38. The van der Waals surface area contributed by atoms with E-state index >= 15 is 0 Å². The number of sulfonamides is 1. The standard InChI is InChI=1S/C27H28N2O6S.2H2/c1-26(2,16-30)29-36(32,33)21-9-6-18(7-10-21)22-5-3-4-20(28-22)15-25(31)27(12-13-27)19-8-11-23-24(14-19)35-17-34-23;;/h3-11,14,29-30H,12-13,15-17H2,1-2H3;2*1H. The Hall–Kier alpha value is -3.27. The van der Waals surface area contributed by atoms with Crippen molar-refractivity contribution >= 4 is 15.8 Å². The average molecular weight is 513 g/mol. The first kappa shape index (κ1) is 24.4. The molecule has 0 amide bonds. The van der Waals surface area contributed by atoms with Crippen molar-refractivity contribution in [3.63, 3.8) is 0 Å². The van der Waals surface area contributed by atoms with Crippen molar-refractivity contribution in [1.82, 2.24) is 9.71 Å². The quantitative estimate of drug-likeness (QED) is 0.447. The van der Waals surface area contributed by atoms with Gasteiger partial charge in [-0.05, 0) is 68.7 Å². The van der Waals surface area contributed by atoms with E-state index in [1.165, 1.54) is 12.1 Å². The van der Waals surface area contributed by atoms with Crippen LogP contribution in [0.4, 0.5) is 0 Å². The van der Waals surface area contributed by atoms with Gasteiger partial charge < -0.3 is 14.6 Å². The summed E-state index contributed by atoms with van der Waals surface area (Å²) >= 11 is 0. The number of Topliss-reactive ketones (excluding diaryl/α,β-unsaturated/α-hetero) is 1. The number of hydrogen-bond donors (Lipinski definition) is 2. The van der Waals surface area contributed by atoms with Crippen LogP contribution in [-0.4, -0.2) is 43.2 Å². The van der Waals surface area contributed by atoms with E-state index in [2.05, 4.69) is 9.71 Å². The Labute approximate surface area is 213 Å². The van der Waals surface area contributed by atoms with Crippen molar-refractivity contribution in [3.05, 3.63) is 71.9 Å². The lowest BCUT2D eigenvalue weighted by Crippen LogP contribution is -2.46. The number of nitrogens with one attached hydrogen (secondary N) is 1. The van der Waals surface area contributed by atoms with E-state index in [1.807, 2.05) is 36.4 Å². The number of carbonyl (C=O) groups excluding carboxylic acids is 1. The van der Waals surface area contributed by atoms with E-state index < -0.39 is 21.0 Å². The van der Waals surface area contributed by atoms with Gasteiger partial charge in [0.25, 0.3) is 0 Å². The zero-order valence-electron chi connectivity index (χ0n) is 20.2. The lowest BCUT2D eigenvalue weighted by atomic mass is 9.88. The number of fused-ring (bicyclic) bond motifs is 1. The largest absolute Gasteiger partial charge is 0.454 e. The molecule has 2 aliphatic rings. The third-order valence-electron chi connectivity index (χ3n) is 6.62.